The Labute approximate surface area is 126 Å². The smallest absolute Gasteiger partial charge is 0.233 e. The van der Waals surface area contributed by atoms with Crippen LogP contribution in [0.4, 0.5) is 0 Å². The second-order valence-electron chi connectivity index (χ2n) is 4.83. The van der Waals surface area contributed by atoms with E-state index in [0.29, 0.717) is 5.56 Å². The fourth-order valence-electron chi connectivity index (χ4n) is 1.86. The maximum atomic E-state index is 10.5. The molecule has 0 saturated heterocycles. The van der Waals surface area contributed by atoms with Crippen LogP contribution in [0, 0.1) is 0 Å². The van der Waals surface area contributed by atoms with Gasteiger partial charge in [0.15, 0.2) is 0 Å². The van der Waals surface area contributed by atoms with Gasteiger partial charge in [-0.1, -0.05) is 61.9 Å². The Kier molecular flexibility index (Phi) is 5.77. The van der Waals surface area contributed by atoms with Gasteiger partial charge in [-0.3, -0.25) is 4.79 Å². The molecule has 0 unspecified atom stereocenters. The van der Waals surface area contributed by atoms with E-state index in [1.807, 2.05) is 54.8 Å². The second-order valence-corrected chi connectivity index (χ2v) is 4.83. The molecule has 0 aliphatic rings. The summed E-state index contributed by atoms with van der Waals surface area (Å²) in [5, 5.41) is 0. The van der Waals surface area contributed by atoms with E-state index in [1.165, 1.54) is 0 Å². The third-order valence-electron chi connectivity index (χ3n) is 3.14. The SMILES string of the molecule is CCCCOc1ccc(/C=C/c2ccc([C]=O)cc2)cc1. The summed E-state index contributed by atoms with van der Waals surface area (Å²) in [5.74, 6) is 0.909. The van der Waals surface area contributed by atoms with Crippen molar-refractivity contribution in [2.45, 2.75) is 19.8 Å². The molecule has 107 valence electrons. The molecule has 0 aliphatic heterocycles. The summed E-state index contributed by atoms with van der Waals surface area (Å²) in [6, 6.07) is 15.4. The number of rotatable bonds is 7. The summed E-state index contributed by atoms with van der Waals surface area (Å²) < 4.78 is 5.63. The van der Waals surface area contributed by atoms with Gasteiger partial charge in [0.05, 0.1) is 6.61 Å². The van der Waals surface area contributed by atoms with Gasteiger partial charge in [-0.05, 0) is 29.7 Å². The molecule has 2 aromatic rings. The molecule has 21 heavy (non-hydrogen) atoms. The van der Waals surface area contributed by atoms with Gasteiger partial charge in [0, 0.05) is 5.56 Å². The number of unbranched alkanes of at least 4 members (excludes halogenated alkanes) is 1. The molecule has 0 saturated carbocycles. The van der Waals surface area contributed by atoms with Gasteiger partial charge in [0.2, 0.25) is 6.29 Å². The van der Waals surface area contributed by atoms with E-state index >= 15 is 0 Å². The van der Waals surface area contributed by atoms with Gasteiger partial charge in [-0.2, -0.15) is 0 Å². The molecule has 0 bridgehead atoms. The van der Waals surface area contributed by atoms with Gasteiger partial charge in [0.25, 0.3) is 0 Å². The molecule has 0 amide bonds. The maximum Gasteiger partial charge on any atom is 0.233 e. The van der Waals surface area contributed by atoms with Crippen LogP contribution in [0.2, 0.25) is 0 Å². The summed E-state index contributed by atoms with van der Waals surface area (Å²) in [6.45, 7) is 2.92. The summed E-state index contributed by atoms with van der Waals surface area (Å²) in [5.41, 5.74) is 2.74. The fraction of sp³-hybridized carbons (Fsp3) is 0.211. The van der Waals surface area contributed by atoms with E-state index in [0.717, 1.165) is 36.3 Å². The second kappa shape index (κ2) is 8.05. The van der Waals surface area contributed by atoms with Crippen LogP contribution < -0.4 is 4.74 Å². The largest absolute Gasteiger partial charge is 0.494 e. The standard InChI is InChI=1S/C19H19O2/c1-2-3-14-21-19-12-10-17(11-13-19)5-4-16-6-8-18(15-20)9-7-16/h4-13H,2-3,14H2,1H3/b5-4+. The van der Waals surface area contributed by atoms with Gasteiger partial charge >= 0.3 is 0 Å². The first-order chi connectivity index (χ1) is 10.3. The zero-order chi connectivity index (χ0) is 14.9. The molecule has 2 aromatic carbocycles. The number of hydrogen-bond acceptors (Lipinski definition) is 2. The van der Waals surface area contributed by atoms with Crippen molar-refractivity contribution in [2.24, 2.45) is 0 Å². The molecule has 0 heterocycles. The maximum absolute atomic E-state index is 10.5. The van der Waals surface area contributed by atoms with Crippen molar-refractivity contribution >= 4 is 18.4 Å². The van der Waals surface area contributed by atoms with Gasteiger partial charge in [-0.15, -0.1) is 0 Å². The van der Waals surface area contributed by atoms with Crippen molar-refractivity contribution < 1.29 is 9.53 Å². The molecule has 0 fully saturated rings. The van der Waals surface area contributed by atoms with Crippen LogP contribution in [-0.2, 0) is 4.79 Å². The average molecular weight is 279 g/mol. The minimum atomic E-state index is 0.570. The molecule has 0 atom stereocenters. The van der Waals surface area contributed by atoms with Crippen LogP contribution >= 0.6 is 0 Å². The van der Waals surface area contributed by atoms with Crippen molar-refractivity contribution in [1.82, 2.24) is 0 Å². The Morgan fingerprint density at radius 3 is 2.05 bits per heavy atom. The molecule has 2 heteroatoms. The predicted octanol–water partition coefficient (Wildman–Crippen LogP) is 4.49. The molecule has 0 N–H and O–H groups in total. The van der Waals surface area contributed by atoms with Crippen LogP contribution in [-0.4, -0.2) is 12.9 Å². The molecule has 2 rings (SSSR count). The Balaban J connectivity index is 1.95. The Hall–Kier alpha value is -2.35. The highest BCUT2D eigenvalue weighted by Gasteiger charge is 1.94. The van der Waals surface area contributed by atoms with E-state index < -0.39 is 0 Å². The molecule has 0 aliphatic carbocycles. The monoisotopic (exact) mass is 279 g/mol. The number of ether oxygens (including phenoxy) is 1. The van der Waals surface area contributed by atoms with Gasteiger partial charge in [-0.25, -0.2) is 0 Å². The van der Waals surface area contributed by atoms with Crippen LogP contribution in [0.3, 0.4) is 0 Å². The first-order valence-corrected chi connectivity index (χ1v) is 7.21. The summed E-state index contributed by atoms with van der Waals surface area (Å²) in [7, 11) is 0. The van der Waals surface area contributed by atoms with Gasteiger partial charge in [0.1, 0.15) is 5.75 Å². The number of benzene rings is 2. The van der Waals surface area contributed by atoms with Crippen molar-refractivity contribution in [3.05, 3.63) is 65.2 Å². The van der Waals surface area contributed by atoms with Crippen molar-refractivity contribution in [3.63, 3.8) is 0 Å². The first-order valence-electron chi connectivity index (χ1n) is 7.21. The fourth-order valence-corrected chi connectivity index (χ4v) is 1.86. The quantitative estimate of drug-likeness (QED) is 0.551. The van der Waals surface area contributed by atoms with E-state index in [2.05, 4.69) is 6.92 Å². The zero-order valence-electron chi connectivity index (χ0n) is 12.2. The summed E-state index contributed by atoms with van der Waals surface area (Å²) in [6.07, 6.45) is 8.14. The number of carbonyl (C=O) groups excluding carboxylic acids is 1. The Bertz CT molecular complexity index is 580. The normalized spacial score (nSPS) is 10.7. The summed E-state index contributed by atoms with van der Waals surface area (Å²) >= 11 is 0. The average Bonchev–Trinajstić information content (AvgIpc) is 2.55. The van der Waals surface area contributed by atoms with Crippen LogP contribution in [0.5, 0.6) is 5.75 Å². The molecular weight excluding hydrogens is 260 g/mol. The number of hydrogen-bond donors (Lipinski definition) is 0. The minimum Gasteiger partial charge on any atom is -0.494 e. The van der Waals surface area contributed by atoms with E-state index in [4.69, 9.17) is 4.74 Å². The van der Waals surface area contributed by atoms with Crippen LogP contribution in [0.1, 0.15) is 36.5 Å². The lowest BCUT2D eigenvalue weighted by atomic mass is 10.1. The summed E-state index contributed by atoms with van der Waals surface area (Å²) in [4.78, 5) is 10.5. The van der Waals surface area contributed by atoms with Crippen molar-refractivity contribution in [1.29, 1.82) is 0 Å². The lowest BCUT2D eigenvalue weighted by Gasteiger charge is -2.05. The first kappa shape index (κ1) is 15.0. The third-order valence-corrected chi connectivity index (χ3v) is 3.14. The molecule has 0 aromatic heterocycles. The van der Waals surface area contributed by atoms with Crippen LogP contribution in [0.15, 0.2) is 48.5 Å². The molecule has 1 radical (unpaired) electrons. The Morgan fingerprint density at radius 1 is 0.952 bits per heavy atom. The molecule has 0 spiro atoms. The van der Waals surface area contributed by atoms with Crippen molar-refractivity contribution in [2.75, 3.05) is 6.61 Å². The lowest BCUT2D eigenvalue weighted by Crippen LogP contribution is -1.95. The highest BCUT2D eigenvalue weighted by atomic mass is 16.5. The van der Waals surface area contributed by atoms with E-state index in [9.17, 15) is 4.79 Å². The Morgan fingerprint density at radius 2 is 1.52 bits per heavy atom. The van der Waals surface area contributed by atoms with E-state index in [1.54, 1.807) is 12.1 Å². The predicted molar refractivity (Wildman–Crippen MR) is 87.0 cm³/mol. The third kappa shape index (κ3) is 4.92. The van der Waals surface area contributed by atoms with Gasteiger partial charge < -0.3 is 4.74 Å². The van der Waals surface area contributed by atoms with Crippen molar-refractivity contribution in [3.8, 4) is 5.75 Å². The van der Waals surface area contributed by atoms with Crippen LogP contribution in [0.25, 0.3) is 12.2 Å². The molecule has 2 nitrogen and oxygen atoms in total. The highest BCUT2D eigenvalue weighted by Crippen LogP contribution is 2.15. The minimum absolute atomic E-state index is 0.570. The highest BCUT2D eigenvalue weighted by molar-refractivity contribution is 5.77. The zero-order valence-corrected chi connectivity index (χ0v) is 12.2. The van der Waals surface area contributed by atoms with E-state index in [-0.39, 0.29) is 0 Å². The topological polar surface area (TPSA) is 26.3 Å². The lowest BCUT2D eigenvalue weighted by molar-refractivity contribution is 0.309. The molecular formula is C19H19O2.